The molecule has 0 bridgehead atoms. The van der Waals surface area contributed by atoms with Gasteiger partial charge in [0.2, 0.25) is 0 Å². The van der Waals surface area contributed by atoms with Crippen molar-refractivity contribution < 1.29 is 9.53 Å². The average Bonchev–Trinajstić information content (AvgIpc) is 2.33. The minimum atomic E-state index is -0.209. The number of likely N-dealkylation sites (tertiary alicyclic amines) is 1. The molecular weight excluding hydrogens is 240 g/mol. The summed E-state index contributed by atoms with van der Waals surface area (Å²) in [7, 11) is 1.43. The van der Waals surface area contributed by atoms with Gasteiger partial charge in [-0.05, 0) is 24.0 Å². The van der Waals surface area contributed by atoms with Gasteiger partial charge >= 0.3 is 6.09 Å². The number of ether oxygens (including phenoxy) is 1. The highest BCUT2D eigenvalue weighted by Crippen LogP contribution is 2.52. The lowest BCUT2D eigenvalue weighted by atomic mass is 9.60. The van der Waals surface area contributed by atoms with Gasteiger partial charge in [-0.15, -0.1) is 0 Å². The van der Waals surface area contributed by atoms with Crippen molar-refractivity contribution in [3.05, 3.63) is 29.0 Å². The summed E-state index contributed by atoms with van der Waals surface area (Å²) in [6.45, 7) is 0.796. The van der Waals surface area contributed by atoms with E-state index in [9.17, 15) is 4.79 Å². The van der Waals surface area contributed by atoms with Gasteiger partial charge in [0.05, 0.1) is 7.11 Å². The second-order valence-electron chi connectivity index (χ2n) is 4.61. The van der Waals surface area contributed by atoms with Gasteiger partial charge in [-0.1, -0.05) is 17.7 Å². The van der Waals surface area contributed by atoms with Crippen molar-refractivity contribution in [2.75, 3.05) is 13.7 Å². The highest BCUT2D eigenvalue weighted by molar-refractivity contribution is 6.29. The Bertz CT molecular complexity index is 448. The number of piperidine rings is 1. The van der Waals surface area contributed by atoms with Crippen LogP contribution >= 0.6 is 11.6 Å². The fraction of sp³-hybridized carbons (Fsp3) is 0.500. The number of carbonyl (C=O) groups excluding carboxylic acids is 1. The zero-order valence-electron chi connectivity index (χ0n) is 9.47. The normalized spacial score (nSPS) is 30.0. The third-order valence-corrected chi connectivity index (χ3v) is 4.13. The molecule has 4 nitrogen and oxygen atoms in total. The lowest BCUT2D eigenvalue weighted by Gasteiger charge is -2.59. The van der Waals surface area contributed by atoms with Gasteiger partial charge in [-0.2, -0.15) is 0 Å². The molecule has 1 aliphatic carbocycles. The summed E-state index contributed by atoms with van der Waals surface area (Å²) >= 11 is 5.76. The van der Waals surface area contributed by atoms with Crippen LogP contribution in [0.25, 0.3) is 0 Å². The predicted molar refractivity (Wildman–Crippen MR) is 63.0 cm³/mol. The van der Waals surface area contributed by atoms with E-state index in [1.165, 1.54) is 12.7 Å². The number of methoxy groups -OCH3 is 1. The first-order valence-electron chi connectivity index (χ1n) is 5.66. The first-order valence-corrected chi connectivity index (χ1v) is 6.04. The van der Waals surface area contributed by atoms with Crippen LogP contribution in [0, 0.1) is 5.92 Å². The number of nitrogens with zero attached hydrogens (tertiary/aromatic N) is 2. The monoisotopic (exact) mass is 252 g/mol. The van der Waals surface area contributed by atoms with Crippen molar-refractivity contribution in [3.63, 3.8) is 0 Å². The largest absolute Gasteiger partial charge is 0.453 e. The first-order chi connectivity index (χ1) is 8.20. The number of pyridine rings is 1. The summed E-state index contributed by atoms with van der Waals surface area (Å²) in [4.78, 5) is 17.2. The molecule has 1 aliphatic heterocycles. The van der Waals surface area contributed by atoms with Gasteiger partial charge in [0.1, 0.15) is 5.15 Å². The standard InChI is InChI=1S/C12H13ClN2O2/c1-17-12(16)15-6-9-8(4-10(9)15)7-2-3-11(13)14-5-7/h2-3,5,8-10H,4,6H2,1H3/t8-,9?,10?/m1/s1. The molecule has 3 rings (SSSR count). The van der Waals surface area contributed by atoms with Crippen LogP contribution in [0.5, 0.6) is 0 Å². The van der Waals surface area contributed by atoms with Crippen LogP contribution < -0.4 is 0 Å². The molecule has 0 N–H and O–H groups in total. The van der Waals surface area contributed by atoms with Gasteiger partial charge < -0.3 is 9.64 Å². The number of hydrogen-bond acceptors (Lipinski definition) is 3. The maximum atomic E-state index is 11.3. The van der Waals surface area contributed by atoms with Crippen LogP contribution in [-0.4, -0.2) is 35.7 Å². The van der Waals surface area contributed by atoms with Crippen LogP contribution in [0.3, 0.4) is 0 Å². The maximum Gasteiger partial charge on any atom is 0.409 e. The maximum absolute atomic E-state index is 11.3. The zero-order chi connectivity index (χ0) is 12.0. The first kappa shape index (κ1) is 10.8. The van der Waals surface area contributed by atoms with Crippen molar-refractivity contribution >= 4 is 17.7 Å². The topological polar surface area (TPSA) is 42.4 Å². The van der Waals surface area contributed by atoms with Gasteiger partial charge in [0.15, 0.2) is 0 Å². The van der Waals surface area contributed by atoms with Crippen molar-refractivity contribution in [2.45, 2.75) is 18.4 Å². The average molecular weight is 253 g/mol. The third kappa shape index (κ3) is 1.59. The van der Waals surface area contributed by atoms with Crippen molar-refractivity contribution in [3.8, 4) is 0 Å². The molecule has 0 radical (unpaired) electrons. The van der Waals surface area contributed by atoms with Crippen LogP contribution in [0.1, 0.15) is 17.9 Å². The van der Waals surface area contributed by atoms with Crippen LogP contribution in [0.4, 0.5) is 4.79 Å². The predicted octanol–water partition coefficient (Wildman–Crippen LogP) is 2.29. The van der Waals surface area contributed by atoms with Crippen LogP contribution in [0.15, 0.2) is 18.3 Å². The molecule has 3 atom stereocenters. The molecule has 1 aromatic heterocycles. The Kier molecular flexibility index (Phi) is 2.47. The van der Waals surface area contributed by atoms with E-state index in [4.69, 9.17) is 16.3 Å². The summed E-state index contributed by atoms with van der Waals surface area (Å²) in [6, 6.07) is 4.21. The molecule has 2 aliphatic rings. The molecule has 90 valence electrons. The highest BCUT2D eigenvalue weighted by Gasteiger charge is 2.55. The van der Waals surface area contributed by atoms with E-state index in [-0.39, 0.29) is 6.09 Å². The summed E-state index contributed by atoms with van der Waals surface area (Å²) in [5.74, 6) is 1.09. The molecule has 1 aromatic rings. The fourth-order valence-corrected chi connectivity index (χ4v) is 2.94. The lowest BCUT2D eigenvalue weighted by molar-refractivity contribution is -0.0635. The number of halogens is 1. The molecule has 0 aromatic carbocycles. The van der Waals surface area contributed by atoms with Crippen LogP contribution in [-0.2, 0) is 4.74 Å². The Morgan fingerprint density at radius 1 is 1.59 bits per heavy atom. The van der Waals surface area contributed by atoms with E-state index in [2.05, 4.69) is 4.98 Å². The lowest BCUT2D eigenvalue weighted by Crippen LogP contribution is -2.67. The Hall–Kier alpha value is -1.29. The number of hydrogen-bond donors (Lipinski definition) is 0. The Balaban J connectivity index is 1.65. The highest BCUT2D eigenvalue weighted by atomic mass is 35.5. The van der Waals surface area contributed by atoms with E-state index in [1.54, 1.807) is 4.90 Å². The molecule has 1 amide bonds. The summed E-state index contributed by atoms with van der Waals surface area (Å²) in [6.07, 6.45) is 2.63. The van der Waals surface area contributed by atoms with E-state index in [1.807, 2.05) is 18.3 Å². The smallest absolute Gasteiger partial charge is 0.409 e. The van der Waals surface area contributed by atoms with Gasteiger partial charge in [-0.25, -0.2) is 9.78 Å². The Labute approximate surface area is 105 Å². The second kappa shape index (κ2) is 3.88. The van der Waals surface area contributed by atoms with Crippen LogP contribution in [0.2, 0.25) is 5.15 Å². The Morgan fingerprint density at radius 3 is 2.94 bits per heavy atom. The van der Waals surface area contributed by atoms with E-state index in [0.717, 1.165) is 13.0 Å². The SMILES string of the molecule is COC(=O)N1CC2C1C[C@@H]2c1ccc(Cl)nc1. The molecule has 2 unspecified atom stereocenters. The molecule has 0 spiro atoms. The summed E-state index contributed by atoms with van der Waals surface area (Å²) in [5, 5.41) is 0.523. The van der Waals surface area contributed by atoms with Crippen molar-refractivity contribution in [1.29, 1.82) is 0 Å². The minimum absolute atomic E-state index is 0.209. The third-order valence-electron chi connectivity index (χ3n) is 3.90. The number of amides is 1. The minimum Gasteiger partial charge on any atom is -0.453 e. The molecule has 17 heavy (non-hydrogen) atoms. The molecular formula is C12H13ClN2O2. The number of rotatable bonds is 1. The second-order valence-corrected chi connectivity index (χ2v) is 5.00. The van der Waals surface area contributed by atoms with Gasteiger partial charge in [-0.3, -0.25) is 0 Å². The molecule has 5 heteroatoms. The number of carbonyl (C=O) groups is 1. The summed E-state index contributed by atoms with van der Waals surface area (Å²) in [5.41, 5.74) is 1.22. The number of aromatic nitrogens is 1. The van der Waals surface area contributed by atoms with Gasteiger partial charge in [0, 0.05) is 24.7 Å². The van der Waals surface area contributed by atoms with Crippen molar-refractivity contribution in [1.82, 2.24) is 9.88 Å². The molecule has 2 fully saturated rings. The quantitative estimate of drug-likeness (QED) is 0.720. The molecule has 2 heterocycles. The van der Waals surface area contributed by atoms with Gasteiger partial charge in [0.25, 0.3) is 0 Å². The van der Waals surface area contributed by atoms with Crippen molar-refractivity contribution in [2.24, 2.45) is 5.92 Å². The fourth-order valence-electron chi connectivity index (χ4n) is 2.83. The number of fused-ring (bicyclic) bond motifs is 1. The Morgan fingerprint density at radius 2 is 2.41 bits per heavy atom. The molecule has 1 saturated carbocycles. The zero-order valence-corrected chi connectivity index (χ0v) is 10.2. The molecule has 1 saturated heterocycles. The van der Waals surface area contributed by atoms with E-state index >= 15 is 0 Å². The summed E-state index contributed by atoms with van der Waals surface area (Å²) < 4.78 is 4.72. The van der Waals surface area contributed by atoms with E-state index < -0.39 is 0 Å². The van der Waals surface area contributed by atoms with E-state index in [0.29, 0.717) is 23.0 Å².